The lowest BCUT2D eigenvalue weighted by atomic mass is 10.1. The Morgan fingerprint density at radius 3 is 2.70 bits per heavy atom. The third kappa shape index (κ3) is 2.65. The van der Waals surface area contributed by atoms with Gasteiger partial charge in [0.2, 0.25) is 6.79 Å². The molecule has 0 bridgehead atoms. The fraction of sp³-hybridized carbons (Fsp3) is 0.188. The summed E-state index contributed by atoms with van der Waals surface area (Å²) in [7, 11) is 0. The molecule has 1 atom stereocenters. The van der Waals surface area contributed by atoms with E-state index in [4.69, 9.17) is 9.47 Å². The molecule has 1 N–H and O–H groups in total. The lowest BCUT2D eigenvalue weighted by Crippen LogP contribution is -2.01. The Morgan fingerprint density at radius 1 is 1.10 bits per heavy atom. The van der Waals surface area contributed by atoms with Gasteiger partial charge in [-0.2, -0.15) is 0 Å². The molecule has 20 heavy (non-hydrogen) atoms. The van der Waals surface area contributed by atoms with Gasteiger partial charge in [0, 0.05) is 6.21 Å². The highest BCUT2D eigenvalue weighted by Crippen LogP contribution is 2.32. The summed E-state index contributed by atoms with van der Waals surface area (Å²) in [4.78, 5) is 4.44. The van der Waals surface area contributed by atoms with E-state index in [-0.39, 0.29) is 19.4 Å². The molecule has 102 valence electrons. The Hall–Kier alpha value is -2.33. The van der Waals surface area contributed by atoms with E-state index in [0.29, 0.717) is 0 Å². The van der Waals surface area contributed by atoms with Gasteiger partial charge < -0.3 is 14.6 Å². The lowest BCUT2D eigenvalue weighted by molar-refractivity contribution is 0.174. The molecule has 3 rings (SSSR count). The maximum Gasteiger partial charge on any atom is 0.231 e. The Kier molecular flexibility index (Phi) is 3.65. The Balaban J connectivity index is 1.79. The summed E-state index contributed by atoms with van der Waals surface area (Å²) in [6, 6.07) is 15.1. The zero-order valence-electron chi connectivity index (χ0n) is 10.9. The van der Waals surface area contributed by atoms with Crippen LogP contribution in [0.5, 0.6) is 11.5 Å². The minimum absolute atomic E-state index is 0.0228. The number of aliphatic imine (C=N–C) groups is 1. The molecule has 0 saturated carbocycles. The Bertz CT molecular complexity index is 610. The van der Waals surface area contributed by atoms with Gasteiger partial charge in [-0.05, 0) is 29.3 Å². The van der Waals surface area contributed by atoms with Gasteiger partial charge in [-0.1, -0.05) is 30.3 Å². The number of benzene rings is 2. The molecule has 2 aromatic carbocycles. The lowest BCUT2D eigenvalue weighted by Gasteiger charge is -2.09. The maximum absolute atomic E-state index is 9.45. The largest absolute Gasteiger partial charge is 0.454 e. The standard InChI is InChI=1S/C16H15NO3/c18-10-14(13-4-2-1-3-5-13)17-9-12-6-7-15-16(8-12)20-11-19-15/h1-9,14,18H,10-11H2/b17-9+. The maximum atomic E-state index is 9.45. The monoisotopic (exact) mass is 269 g/mol. The Morgan fingerprint density at radius 2 is 1.90 bits per heavy atom. The molecule has 4 nitrogen and oxygen atoms in total. The molecule has 1 unspecified atom stereocenters. The van der Waals surface area contributed by atoms with Gasteiger partial charge in [0.25, 0.3) is 0 Å². The van der Waals surface area contributed by atoms with Crippen LogP contribution in [0.1, 0.15) is 17.2 Å². The molecule has 1 aliphatic rings. The van der Waals surface area contributed by atoms with Crippen LogP contribution in [0.2, 0.25) is 0 Å². The van der Waals surface area contributed by atoms with Gasteiger partial charge in [-0.3, -0.25) is 4.99 Å². The van der Waals surface area contributed by atoms with Crippen LogP contribution in [0.25, 0.3) is 0 Å². The molecule has 0 aliphatic carbocycles. The number of fused-ring (bicyclic) bond motifs is 1. The van der Waals surface area contributed by atoms with Crippen molar-refractivity contribution in [3.8, 4) is 11.5 Å². The summed E-state index contributed by atoms with van der Waals surface area (Å²) in [5.41, 5.74) is 1.91. The highest BCUT2D eigenvalue weighted by Gasteiger charge is 2.13. The van der Waals surface area contributed by atoms with Gasteiger partial charge in [-0.25, -0.2) is 0 Å². The molecule has 4 heteroatoms. The highest BCUT2D eigenvalue weighted by atomic mass is 16.7. The van der Waals surface area contributed by atoms with Gasteiger partial charge >= 0.3 is 0 Å². The summed E-state index contributed by atoms with van der Waals surface area (Å²) in [6.45, 7) is 0.240. The fourth-order valence-electron chi connectivity index (χ4n) is 2.08. The molecule has 0 saturated heterocycles. The molecular weight excluding hydrogens is 254 g/mol. The number of ether oxygens (including phenoxy) is 2. The minimum atomic E-state index is -0.248. The topological polar surface area (TPSA) is 51.1 Å². The van der Waals surface area contributed by atoms with Gasteiger partial charge in [0.1, 0.15) is 0 Å². The SMILES string of the molecule is OCC(/N=C/c1ccc2c(c1)OCO2)c1ccccc1. The minimum Gasteiger partial charge on any atom is -0.454 e. The van der Waals surface area contributed by atoms with Crippen LogP contribution in [0.15, 0.2) is 53.5 Å². The van der Waals surface area contributed by atoms with E-state index in [1.54, 1.807) is 6.21 Å². The van der Waals surface area contributed by atoms with E-state index in [1.165, 1.54) is 0 Å². The highest BCUT2D eigenvalue weighted by molar-refractivity contribution is 5.81. The number of aliphatic hydroxyl groups is 1. The first-order valence-corrected chi connectivity index (χ1v) is 6.45. The third-order valence-corrected chi connectivity index (χ3v) is 3.16. The number of aliphatic hydroxyl groups excluding tert-OH is 1. The summed E-state index contributed by atoms with van der Waals surface area (Å²) < 4.78 is 10.6. The van der Waals surface area contributed by atoms with Crippen molar-refractivity contribution in [2.24, 2.45) is 4.99 Å². The van der Waals surface area contributed by atoms with Crippen LogP contribution in [0.4, 0.5) is 0 Å². The van der Waals surface area contributed by atoms with Crippen molar-refractivity contribution in [2.75, 3.05) is 13.4 Å². The van der Waals surface area contributed by atoms with Crippen molar-refractivity contribution in [1.29, 1.82) is 0 Å². The molecule has 1 aliphatic heterocycles. The summed E-state index contributed by atoms with van der Waals surface area (Å²) in [5.74, 6) is 1.48. The van der Waals surface area contributed by atoms with Crippen molar-refractivity contribution in [1.82, 2.24) is 0 Å². The van der Waals surface area contributed by atoms with E-state index in [1.807, 2.05) is 48.5 Å². The fourth-order valence-corrected chi connectivity index (χ4v) is 2.08. The van der Waals surface area contributed by atoms with Crippen LogP contribution in [-0.2, 0) is 0 Å². The number of hydrogen-bond acceptors (Lipinski definition) is 4. The second-order valence-electron chi connectivity index (χ2n) is 4.50. The molecular formula is C16H15NO3. The zero-order chi connectivity index (χ0) is 13.8. The second-order valence-corrected chi connectivity index (χ2v) is 4.50. The normalized spacial score (nSPS) is 14.7. The van der Waals surface area contributed by atoms with E-state index in [0.717, 1.165) is 22.6 Å². The molecule has 0 spiro atoms. The van der Waals surface area contributed by atoms with Crippen molar-refractivity contribution in [2.45, 2.75) is 6.04 Å². The van der Waals surface area contributed by atoms with Crippen molar-refractivity contribution >= 4 is 6.21 Å². The third-order valence-electron chi connectivity index (χ3n) is 3.16. The summed E-state index contributed by atoms with van der Waals surface area (Å²) in [5, 5.41) is 9.45. The molecule has 0 aromatic heterocycles. The number of nitrogens with zero attached hydrogens (tertiary/aromatic N) is 1. The quantitative estimate of drug-likeness (QED) is 0.868. The summed E-state index contributed by atoms with van der Waals surface area (Å²) >= 11 is 0. The van der Waals surface area contributed by atoms with Crippen LogP contribution >= 0.6 is 0 Å². The van der Waals surface area contributed by atoms with Crippen molar-refractivity contribution < 1.29 is 14.6 Å². The van der Waals surface area contributed by atoms with Gasteiger partial charge in [0.15, 0.2) is 11.5 Å². The number of rotatable bonds is 4. The molecule has 0 fully saturated rings. The molecule has 0 radical (unpaired) electrons. The van der Waals surface area contributed by atoms with E-state index < -0.39 is 0 Å². The van der Waals surface area contributed by atoms with Gasteiger partial charge in [0.05, 0.1) is 12.6 Å². The van der Waals surface area contributed by atoms with Crippen LogP contribution in [0, 0.1) is 0 Å². The molecule has 0 amide bonds. The van der Waals surface area contributed by atoms with Crippen LogP contribution in [0.3, 0.4) is 0 Å². The van der Waals surface area contributed by atoms with Crippen LogP contribution < -0.4 is 9.47 Å². The van der Waals surface area contributed by atoms with Gasteiger partial charge in [-0.15, -0.1) is 0 Å². The van der Waals surface area contributed by atoms with Crippen molar-refractivity contribution in [3.63, 3.8) is 0 Å². The smallest absolute Gasteiger partial charge is 0.231 e. The van der Waals surface area contributed by atoms with E-state index >= 15 is 0 Å². The van der Waals surface area contributed by atoms with E-state index in [9.17, 15) is 5.11 Å². The predicted octanol–water partition coefficient (Wildman–Crippen LogP) is 2.57. The predicted molar refractivity (Wildman–Crippen MR) is 76.4 cm³/mol. The Labute approximate surface area is 117 Å². The average molecular weight is 269 g/mol. The first-order chi connectivity index (χ1) is 9.86. The first-order valence-electron chi connectivity index (χ1n) is 6.45. The summed E-state index contributed by atoms with van der Waals surface area (Å²) in [6.07, 6.45) is 1.75. The second kappa shape index (κ2) is 5.75. The molecule has 2 aromatic rings. The van der Waals surface area contributed by atoms with Crippen LogP contribution in [-0.4, -0.2) is 24.7 Å². The first kappa shape index (κ1) is 12.7. The average Bonchev–Trinajstić information content (AvgIpc) is 2.96. The molecule has 1 heterocycles. The zero-order valence-corrected chi connectivity index (χ0v) is 10.9. The number of hydrogen-bond donors (Lipinski definition) is 1. The van der Waals surface area contributed by atoms with Crippen molar-refractivity contribution in [3.05, 3.63) is 59.7 Å². The van der Waals surface area contributed by atoms with E-state index in [2.05, 4.69) is 4.99 Å².